The monoisotopic (exact) mass is 180 g/mol. The van der Waals surface area contributed by atoms with Crippen LogP contribution in [0.3, 0.4) is 0 Å². The second-order valence-corrected chi connectivity index (χ2v) is 2.59. The Morgan fingerprint density at radius 3 is 2.85 bits per heavy atom. The average molecular weight is 180 g/mol. The van der Waals surface area contributed by atoms with Crippen LogP contribution in [0.2, 0.25) is 0 Å². The maximum atomic E-state index is 13.1. The fourth-order valence-corrected chi connectivity index (χ4v) is 1.11. The summed E-state index contributed by atoms with van der Waals surface area (Å²) in [6.07, 6.45) is 0. The molecule has 0 atom stereocenters. The maximum Gasteiger partial charge on any atom is 0.339 e. The number of benzene rings is 1. The molecule has 1 heterocycles. The van der Waals surface area contributed by atoms with Gasteiger partial charge in [-0.15, -0.1) is 0 Å². The van der Waals surface area contributed by atoms with E-state index in [1.165, 1.54) is 18.2 Å². The predicted octanol–water partition coefficient (Wildman–Crippen LogP) is 1.64. The van der Waals surface area contributed by atoms with Gasteiger partial charge in [0.15, 0.2) is 0 Å². The summed E-state index contributed by atoms with van der Waals surface area (Å²) in [5.74, 6) is -0.762. The summed E-state index contributed by atoms with van der Waals surface area (Å²) < 4.78 is 17.7. The van der Waals surface area contributed by atoms with Crippen molar-refractivity contribution < 1.29 is 13.9 Å². The molecular weight excluding hydrogens is 175 g/mol. The Morgan fingerprint density at radius 2 is 2.08 bits per heavy atom. The summed E-state index contributed by atoms with van der Waals surface area (Å²) >= 11 is 0. The molecule has 13 heavy (non-hydrogen) atoms. The van der Waals surface area contributed by atoms with Crippen LogP contribution in [0, 0.1) is 5.82 Å². The number of phenolic OH excluding ortho intramolecular Hbond substituents is 1. The molecule has 4 heteroatoms. The molecule has 0 saturated heterocycles. The fourth-order valence-electron chi connectivity index (χ4n) is 1.11. The van der Waals surface area contributed by atoms with Gasteiger partial charge >= 0.3 is 5.63 Å². The van der Waals surface area contributed by atoms with Gasteiger partial charge in [0.1, 0.15) is 17.1 Å². The van der Waals surface area contributed by atoms with E-state index in [0.29, 0.717) is 0 Å². The van der Waals surface area contributed by atoms with Crippen LogP contribution in [-0.4, -0.2) is 5.11 Å². The van der Waals surface area contributed by atoms with Crippen molar-refractivity contribution in [2.75, 3.05) is 0 Å². The van der Waals surface area contributed by atoms with E-state index in [4.69, 9.17) is 9.52 Å². The van der Waals surface area contributed by atoms with Gasteiger partial charge in [0.05, 0.1) is 11.5 Å². The molecule has 1 N–H and O–H groups in total. The molecule has 2 aromatic rings. The van der Waals surface area contributed by atoms with E-state index >= 15 is 0 Å². The maximum absolute atomic E-state index is 13.1. The SMILES string of the molecule is O=c1cc(F)c2cc(O)ccc2o1. The van der Waals surface area contributed by atoms with E-state index in [-0.39, 0.29) is 16.7 Å². The van der Waals surface area contributed by atoms with Gasteiger partial charge in [-0.25, -0.2) is 9.18 Å². The summed E-state index contributed by atoms with van der Waals surface area (Å²) in [4.78, 5) is 10.7. The molecule has 1 aromatic heterocycles. The first-order valence-corrected chi connectivity index (χ1v) is 3.59. The average Bonchev–Trinajstić information content (AvgIpc) is 2.06. The lowest BCUT2D eigenvalue weighted by molar-refractivity contribution is 0.474. The highest BCUT2D eigenvalue weighted by Crippen LogP contribution is 2.20. The summed E-state index contributed by atoms with van der Waals surface area (Å²) in [7, 11) is 0. The number of rotatable bonds is 0. The smallest absolute Gasteiger partial charge is 0.339 e. The Balaban J connectivity index is 2.95. The molecular formula is C9H5FO3. The van der Waals surface area contributed by atoms with Crippen LogP contribution in [-0.2, 0) is 0 Å². The van der Waals surface area contributed by atoms with E-state index in [2.05, 4.69) is 0 Å². The number of halogens is 1. The van der Waals surface area contributed by atoms with Crippen molar-refractivity contribution in [2.24, 2.45) is 0 Å². The third-order valence-corrected chi connectivity index (χ3v) is 1.68. The molecule has 2 rings (SSSR count). The molecule has 0 aliphatic heterocycles. The van der Waals surface area contributed by atoms with Crippen molar-refractivity contribution >= 4 is 11.0 Å². The normalized spacial score (nSPS) is 10.5. The van der Waals surface area contributed by atoms with Gasteiger partial charge in [0.2, 0.25) is 0 Å². The minimum Gasteiger partial charge on any atom is -0.508 e. The van der Waals surface area contributed by atoms with E-state index in [9.17, 15) is 9.18 Å². The molecule has 3 nitrogen and oxygen atoms in total. The van der Waals surface area contributed by atoms with Crippen molar-refractivity contribution in [2.45, 2.75) is 0 Å². The molecule has 0 spiro atoms. The molecule has 0 bridgehead atoms. The van der Waals surface area contributed by atoms with Crippen molar-refractivity contribution in [3.05, 3.63) is 40.5 Å². The lowest BCUT2D eigenvalue weighted by atomic mass is 10.2. The predicted molar refractivity (Wildman–Crippen MR) is 44.1 cm³/mol. The van der Waals surface area contributed by atoms with E-state index in [0.717, 1.165) is 6.07 Å². The zero-order valence-electron chi connectivity index (χ0n) is 6.45. The van der Waals surface area contributed by atoms with Gasteiger partial charge in [0, 0.05) is 0 Å². The number of aromatic hydroxyl groups is 1. The first kappa shape index (κ1) is 7.79. The minimum absolute atomic E-state index is 0.0692. The Hall–Kier alpha value is -1.84. The highest BCUT2D eigenvalue weighted by molar-refractivity contribution is 5.78. The van der Waals surface area contributed by atoms with Gasteiger partial charge in [-0.2, -0.15) is 0 Å². The van der Waals surface area contributed by atoms with Crippen LogP contribution in [0.15, 0.2) is 33.5 Å². The number of hydrogen-bond acceptors (Lipinski definition) is 3. The molecule has 0 aliphatic carbocycles. The third-order valence-electron chi connectivity index (χ3n) is 1.68. The summed E-state index contributed by atoms with van der Waals surface area (Å²) in [5.41, 5.74) is -0.613. The molecule has 0 amide bonds. The first-order chi connectivity index (χ1) is 6.16. The highest BCUT2D eigenvalue weighted by Gasteiger charge is 2.04. The van der Waals surface area contributed by atoms with Crippen LogP contribution in [0.1, 0.15) is 0 Å². The standard InChI is InChI=1S/C9H5FO3/c10-7-4-9(12)13-8-2-1-5(11)3-6(7)8/h1-4,11H. The van der Waals surface area contributed by atoms with Gasteiger partial charge in [-0.3, -0.25) is 0 Å². The molecule has 1 aromatic carbocycles. The van der Waals surface area contributed by atoms with E-state index < -0.39 is 11.4 Å². The number of fused-ring (bicyclic) bond motifs is 1. The second-order valence-electron chi connectivity index (χ2n) is 2.59. The lowest BCUT2D eigenvalue weighted by Gasteiger charge is -1.97. The van der Waals surface area contributed by atoms with Gasteiger partial charge in [-0.05, 0) is 18.2 Å². The fraction of sp³-hybridized carbons (Fsp3) is 0. The molecule has 0 saturated carbocycles. The summed E-state index contributed by atoms with van der Waals surface area (Å²) in [5, 5.41) is 9.13. The Morgan fingerprint density at radius 1 is 1.31 bits per heavy atom. The largest absolute Gasteiger partial charge is 0.508 e. The van der Waals surface area contributed by atoms with Crippen molar-refractivity contribution in [1.82, 2.24) is 0 Å². The summed E-state index contributed by atoms with van der Waals surface area (Å²) in [6.45, 7) is 0. The van der Waals surface area contributed by atoms with Crippen molar-refractivity contribution in [1.29, 1.82) is 0 Å². The quantitative estimate of drug-likeness (QED) is 0.627. The van der Waals surface area contributed by atoms with Crippen molar-refractivity contribution in [3.8, 4) is 5.75 Å². The third kappa shape index (κ3) is 1.26. The topological polar surface area (TPSA) is 50.4 Å². The Labute approximate surface area is 72.0 Å². The first-order valence-electron chi connectivity index (χ1n) is 3.59. The van der Waals surface area contributed by atoms with Crippen molar-refractivity contribution in [3.63, 3.8) is 0 Å². The van der Waals surface area contributed by atoms with Gasteiger partial charge in [0.25, 0.3) is 0 Å². The lowest BCUT2D eigenvalue weighted by Crippen LogP contribution is -1.97. The van der Waals surface area contributed by atoms with Gasteiger partial charge < -0.3 is 9.52 Å². The molecule has 0 fully saturated rings. The van der Waals surface area contributed by atoms with Crippen LogP contribution in [0.5, 0.6) is 5.75 Å². The van der Waals surface area contributed by atoms with Crippen LogP contribution >= 0.6 is 0 Å². The highest BCUT2D eigenvalue weighted by atomic mass is 19.1. The van der Waals surface area contributed by atoms with Crippen LogP contribution in [0.4, 0.5) is 4.39 Å². The molecule has 0 unspecified atom stereocenters. The summed E-state index contributed by atoms with van der Waals surface area (Å²) in [6, 6.07) is 4.61. The van der Waals surface area contributed by atoms with E-state index in [1.807, 2.05) is 0 Å². The van der Waals surface area contributed by atoms with Crippen LogP contribution < -0.4 is 5.63 Å². The number of phenols is 1. The number of hydrogen-bond donors (Lipinski definition) is 1. The zero-order valence-corrected chi connectivity index (χ0v) is 6.45. The molecule has 0 aliphatic rings. The second kappa shape index (κ2) is 2.58. The Kier molecular flexibility index (Phi) is 1.55. The van der Waals surface area contributed by atoms with Gasteiger partial charge in [-0.1, -0.05) is 0 Å². The molecule has 0 radical (unpaired) electrons. The Bertz CT molecular complexity index is 516. The van der Waals surface area contributed by atoms with E-state index in [1.54, 1.807) is 0 Å². The molecule has 66 valence electrons. The van der Waals surface area contributed by atoms with Crippen LogP contribution in [0.25, 0.3) is 11.0 Å². The minimum atomic E-state index is -0.740. The zero-order chi connectivity index (χ0) is 9.42.